The lowest BCUT2D eigenvalue weighted by Gasteiger charge is -2.05. The maximum absolute atomic E-state index is 11.9. The Hall–Kier alpha value is -2.81. The molecule has 0 unspecified atom stereocenters. The molecule has 0 atom stereocenters. The highest BCUT2D eigenvalue weighted by atomic mass is 16.3. The van der Waals surface area contributed by atoms with Gasteiger partial charge in [-0.3, -0.25) is 9.59 Å². The molecular formula is C16H19N3O3. The monoisotopic (exact) mass is 301 g/mol. The van der Waals surface area contributed by atoms with Crippen LogP contribution in [0.3, 0.4) is 0 Å². The molecule has 0 bridgehead atoms. The Morgan fingerprint density at radius 2 is 1.91 bits per heavy atom. The van der Waals surface area contributed by atoms with Crippen LogP contribution in [0.25, 0.3) is 6.08 Å². The summed E-state index contributed by atoms with van der Waals surface area (Å²) in [5.41, 5.74) is 0.574. The number of carbonyl (C=O) groups excluding carboxylic acids is 2. The van der Waals surface area contributed by atoms with Crippen LogP contribution in [0.4, 0.5) is 0 Å². The van der Waals surface area contributed by atoms with Gasteiger partial charge < -0.3 is 15.7 Å². The third kappa shape index (κ3) is 6.09. The van der Waals surface area contributed by atoms with Crippen molar-refractivity contribution in [2.45, 2.75) is 19.8 Å². The Bertz CT molecular complexity index is 586. The lowest BCUT2D eigenvalue weighted by atomic mass is 10.1. The summed E-state index contributed by atoms with van der Waals surface area (Å²) in [7, 11) is 0. The van der Waals surface area contributed by atoms with Crippen molar-refractivity contribution >= 4 is 17.9 Å². The Kier molecular flexibility index (Phi) is 7.20. The van der Waals surface area contributed by atoms with E-state index in [1.165, 1.54) is 18.2 Å². The fourth-order valence-corrected chi connectivity index (χ4v) is 1.62. The van der Waals surface area contributed by atoms with E-state index in [0.717, 1.165) is 6.42 Å². The molecule has 0 aromatic heterocycles. The molecule has 0 aliphatic rings. The van der Waals surface area contributed by atoms with Gasteiger partial charge in [-0.25, -0.2) is 0 Å². The number of nitrogens with zero attached hydrogens (tertiary/aromatic N) is 1. The first-order chi connectivity index (χ1) is 10.6. The van der Waals surface area contributed by atoms with Crippen LogP contribution in [0.2, 0.25) is 0 Å². The second-order valence-corrected chi connectivity index (χ2v) is 4.62. The van der Waals surface area contributed by atoms with Crippen LogP contribution in [-0.2, 0) is 9.59 Å². The van der Waals surface area contributed by atoms with Gasteiger partial charge >= 0.3 is 0 Å². The number of benzene rings is 1. The number of nitriles is 1. The van der Waals surface area contributed by atoms with Crippen LogP contribution < -0.4 is 10.6 Å². The molecule has 0 heterocycles. The molecule has 116 valence electrons. The number of hydrogen-bond acceptors (Lipinski definition) is 4. The molecule has 2 amide bonds. The molecule has 0 saturated heterocycles. The largest absolute Gasteiger partial charge is 0.508 e. The lowest BCUT2D eigenvalue weighted by Crippen LogP contribution is -2.31. The van der Waals surface area contributed by atoms with Gasteiger partial charge in [0.25, 0.3) is 5.91 Å². The van der Waals surface area contributed by atoms with Crippen molar-refractivity contribution in [2.75, 3.05) is 13.1 Å². The third-order valence-electron chi connectivity index (χ3n) is 2.78. The number of aromatic hydroxyl groups is 1. The highest BCUT2D eigenvalue weighted by Gasteiger charge is 2.09. The van der Waals surface area contributed by atoms with Crippen LogP contribution in [0, 0.1) is 11.3 Å². The molecule has 1 rings (SSSR count). The maximum Gasteiger partial charge on any atom is 0.261 e. The summed E-state index contributed by atoms with van der Waals surface area (Å²) in [6.45, 7) is 2.73. The van der Waals surface area contributed by atoms with E-state index in [2.05, 4.69) is 10.6 Å². The van der Waals surface area contributed by atoms with E-state index < -0.39 is 5.91 Å². The number of phenols is 1. The molecule has 1 aromatic rings. The summed E-state index contributed by atoms with van der Waals surface area (Å²) in [5.74, 6) is -0.555. The topological polar surface area (TPSA) is 102 Å². The van der Waals surface area contributed by atoms with Gasteiger partial charge in [0, 0.05) is 19.5 Å². The summed E-state index contributed by atoms with van der Waals surface area (Å²) >= 11 is 0. The van der Waals surface area contributed by atoms with Gasteiger partial charge in [-0.15, -0.1) is 0 Å². The predicted octanol–water partition coefficient (Wildman–Crippen LogP) is 1.33. The average molecular weight is 301 g/mol. The number of carbonyl (C=O) groups is 2. The van der Waals surface area contributed by atoms with Gasteiger partial charge in [0.1, 0.15) is 17.4 Å². The molecule has 0 aliphatic carbocycles. The van der Waals surface area contributed by atoms with Gasteiger partial charge in [0.2, 0.25) is 5.91 Å². The van der Waals surface area contributed by atoms with Gasteiger partial charge in [0.15, 0.2) is 0 Å². The highest BCUT2D eigenvalue weighted by Crippen LogP contribution is 2.12. The predicted molar refractivity (Wildman–Crippen MR) is 82.6 cm³/mol. The summed E-state index contributed by atoms with van der Waals surface area (Å²) in [4.78, 5) is 23.2. The fourth-order valence-electron chi connectivity index (χ4n) is 1.62. The Morgan fingerprint density at radius 3 is 2.50 bits per heavy atom. The molecule has 0 radical (unpaired) electrons. The highest BCUT2D eigenvalue weighted by molar-refractivity contribution is 6.01. The first-order valence-electron chi connectivity index (χ1n) is 7.02. The molecule has 0 saturated carbocycles. The number of rotatable bonds is 7. The molecule has 6 nitrogen and oxygen atoms in total. The van der Waals surface area contributed by atoms with Crippen molar-refractivity contribution in [3.05, 3.63) is 35.4 Å². The molecule has 0 aliphatic heterocycles. The standard InChI is InChI=1S/C16H19N3O3/c1-2-8-18-15(21)7-9-19-16(22)13(11-17)10-12-3-5-14(20)6-4-12/h3-6,10,20H,2,7-9H2,1H3,(H,18,21)(H,19,22)/b13-10+. The van der Waals surface area contributed by atoms with Crippen LogP contribution >= 0.6 is 0 Å². The zero-order valence-corrected chi connectivity index (χ0v) is 12.4. The molecule has 1 aromatic carbocycles. The SMILES string of the molecule is CCCNC(=O)CCNC(=O)/C(C#N)=C/c1ccc(O)cc1. The smallest absolute Gasteiger partial charge is 0.261 e. The van der Waals surface area contributed by atoms with Crippen molar-refractivity contribution in [2.24, 2.45) is 0 Å². The van der Waals surface area contributed by atoms with Gasteiger partial charge in [0.05, 0.1) is 0 Å². The fraction of sp³-hybridized carbons (Fsp3) is 0.312. The van der Waals surface area contributed by atoms with Gasteiger partial charge in [-0.05, 0) is 30.2 Å². The van der Waals surface area contributed by atoms with E-state index in [1.54, 1.807) is 12.1 Å². The zero-order chi connectivity index (χ0) is 16.4. The van der Waals surface area contributed by atoms with E-state index in [-0.39, 0.29) is 30.2 Å². The normalized spacial score (nSPS) is 10.6. The summed E-state index contributed by atoms with van der Waals surface area (Å²) in [6, 6.07) is 7.95. The maximum atomic E-state index is 11.9. The number of hydrogen-bond donors (Lipinski definition) is 3. The second kappa shape index (κ2) is 9.19. The van der Waals surface area contributed by atoms with E-state index >= 15 is 0 Å². The third-order valence-corrected chi connectivity index (χ3v) is 2.78. The van der Waals surface area contributed by atoms with Gasteiger partial charge in [-0.2, -0.15) is 5.26 Å². The minimum atomic E-state index is -0.529. The molecule has 22 heavy (non-hydrogen) atoms. The number of phenolic OH excluding ortho intramolecular Hbond substituents is 1. The number of amides is 2. The van der Waals surface area contributed by atoms with Crippen LogP contribution in [0.15, 0.2) is 29.8 Å². The van der Waals surface area contributed by atoms with Crippen LogP contribution in [0.5, 0.6) is 5.75 Å². The van der Waals surface area contributed by atoms with E-state index in [0.29, 0.717) is 12.1 Å². The first-order valence-corrected chi connectivity index (χ1v) is 7.02. The Morgan fingerprint density at radius 1 is 1.23 bits per heavy atom. The van der Waals surface area contributed by atoms with E-state index in [1.807, 2.05) is 13.0 Å². The van der Waals surface area contributed by atoms with Crippen molar-refractivity contribution in [1.29, 1.82) is 5.26 Å². The Labute approximate surface area is 129 Å². The van der Waals surface area contributed by atoms with Crippen molar-refractivity contribution in [3.8, 4) is 11.8 Å². The van der Waals surface area contributed by atoms with Crippen molar-refractivity contribution in [3.63, 3.8) is 0 Å². The average Bonchev–Trinajstić information content (AvgIpc) is 2.52. The van der Waals surface area contributed by atoms with Crippen LogP contribution in [-0.4, -0.2) is 30.0 Å². The van der Waals surface area contributed by atoms with E-state index in [4.69, 9.17) is 5.26 Å². The molecule has 0 spiro atoms. The van der Waals surface area contributed by atoms with Crippen molar-refractivity contribution < 1.29 is 14.7 Å². The molecule has 6 heteroatoms. The minimum Gasteiger partial charge on any atom is -0.508 e. The number of nitrogens with one attached hydrogen (secondary N) is 2. The summed E-state index contributed by atoms with van der Waals surface area (Å²) in [5, 5.41) is 23.4. The lowest BCUT2D eigenvalue weighted by molar-refractivity contribution is -0.121. The zero-order valence-electron chi connectivity index (χ0n) is 12.4. The summed E-state index contributed by atoms with van der Waals surface area (Å²) in [6.07, 6.45) is 2.45. The molecule has 3 N–H and O–H groups in total. The van der Waals surface area contributed by atoms with Crippen molar-refractivity contribution in [1.82, 2.24) is 10.6 Å². The quantitative estimate of drug-likeness (QED) is 0.522. The van der Waals surface area contributed by atoms with Gasteiger partial charge in [-0.1, -0.05) is 19.1 Å². The molecule has 0 fully saturated rings. The minimum absolute atomic E-state index is 0.0559. The van der Waals surface area contributed by atoms with Crippen LogP contribution in [0.1, 0.15) is 25.3 Å². The van der Waals surface area contributed by atoms with E-state index in [9.17, 15) is 14.7 Å². The second-order valence-electron chi connectivity index (χ2n) is 4.62. The first kappa shape index (κ1) is 17.2. The summed E-state index contributed by atoms with van der Waals surface area (Å²) < 4.78 is 0. The molecular weight excluding hydrogens is 282 g/mol. The Balaban J connectivity index is 2.53.